The standard InChI is InChI=1S/C27H44O2/c1-17(2)7-6-8-18(3)20-11-12-21-19-9-10-23-25(29)24(28)14-16-27(23,5)22(19)13-15-26(20,21)4/h10,17-22,24,28H,6-9,11-16H2,1-5H3/t18-,19+,20-,21+,22+,24?,26-,27-/m1/s1. The summed E-state index contributed by atoms with van der Waals surface area (Å²) in [6.07, 6.45) is 13.8. The number of aliphatic hydroxyl groups is 1. The highest BCUT2D eigenvalue weighted by Crippen LogP contribution is 2.67. The molecule has 0 aromatic rings. The molecule has 0 aromatic heterocycles. The van der Waals surface area contributed by atoms with Crippen molar-refractivity contribution in [2.45, 2.75) is 105 Å². The zero-order chi connectivity index (χ0) is 21.0. The molecule has 0 radical (unpaired) electrons. The number of fused-ring (bicyclic) bond motifs is 5. The van der Waals surface area contributed by atoms with Crippen molar-refractivity contribution in [3.8, 4) is 0 Å². The van der Waals surface area contributed by atoms with Gasteiger partial charge in [-0.1, -0.05) is 60.0 Å². The summed E-state index contributed by atoms with van der Waals surface area (Å²) < 4.78 is 0. The fraction of sp³-hybridized carbons (Fsp3) is 0.889. The molecule has 164 valence electrons. The molecule has 2 nitrogen and oxygen atoms in total. The van der Waals surface area contributed by atoms with Gasteiger partial charge in [-0.05, 0) is 91.3 Å². The van der Waals surface area contributed by atoms with Gasteiger partial charge in [0.25, 0.3) is 0 Å². The number of carbonyl (C=O) groups is 1. The number of ketones is 1. The second-order valence-corrected chi connectivity index (χ2v) is 12.1. The van der Waals surface area contributed by atoms with Crippen LogP contribution in [0.2, 0.25) is 0 Å². The van der Waals surface area contributed by atoms with Crippen LogP contribution in [0.15, 0.2) is 11.6 Å². The van der Waals surface area contributed by atoms with Gasteiger partial charge in [0.2, 0.25) is 0 Å². The summed E-state index contributed by atoms with van der Waals surface area (Å²) in [6.45, 7) is 12.2. The highest BCUT2D eigenvalue weighted by Gasteiger charge is 2.60. The molecule has 0 saturated heterocycles. The Morgan fingerprint density at radius 3 is 2.52 bits per heavy atom. The smallest absolute Gasteiger partial charge is 0.187 e. The molecule has 0 bridgehead atoms. The molecule has 1 unspecified atom stereocenters. The largest absolute Gasteiger partial charge is 0.385 e. The van der Waals surface area contributed by atoms with E-state index in [2.05, 4.69) is 40.7 Å². The molecule has 0 aromatic carbocycles. The molecule has 4 rings (SSSR count). The Bertz CT molecular complexity index is 663. The van der Waals surface area contributed by atoms with Gasteiger partial charge in [0.05, 0.1) is 0 Å². The van der Waals surface area contributed by atoms with E-state index in [1.807, 2.05) is 0 Å². The zero-order valence-corrected chi connectivity index (χ0v) is 19.5. The quantitative estimate of drug-likeness (QED) is 0.567. The van der Waals surface area contributed by atoms with Gasteiger partial charge in [0, 0.05) is 5.57 Å². The van der Waals surface area contributed by atoms with Gasteiger partial charge in [-0.15, -0.1) is 0 Å². The van der Waals surface area contributed by atoms with Crippen LogP contribution in [0.25, 0.3) is 0 Å². The van der Waals surface area contributed by atoms with E-state index < -0.39 is 6.10 Å². The summed E-state index contributed by atoms with van der Waals surface area (Å²) in [6, 6.07) is 0. The van der Waals surface area contributed by atoms with E-state index in [0.717, 1.165) is 48.0 Å². The van der Waals surface area contributed by atoms with Gasteiger partial charge in [0.15, 0.2) is 5.78 Å². The third-order valence-corrected chi connectivity index (χ3v) is 10.2. The van der Waals surface area contributed by atoms with Crippen LogP contribution in [0.5, 0.6) is 0 Å². The molecule has 3 fully saturated rings. The first kappa shape index (κ1) is 21.6. The fourth-order valence-electron chi connectivity index (χ4n) is 8.57. The Hall–Kier alpha value is -0.630. The maximum atomic E-state index is 12.7. The van der Waals surface area contributed by atoms with Gasteiger partial charge in [-0.2, -0.15) is 0 Å². The van der Waals surface area contributed by atoms with Gasteiger partial charge < -0.3 is 5.11 Å². The van der Waals surface area contributed by atoms with E-state index in [9.17, 15) is 9.90 Å². The molecule has 2 heteroatoms. The Morgan fingerprint density at radius 2 is 1.79 bits per heavy atom. The Kier molecular flexibility index (Phi) is 5.82. The van der Waals surface area contributed by atoms with Crippen molar-refractivity contribution in [2.75, 3.05) is 0 Å². The average molecular weight is 401 g/mol. The molecule has 1 N–H and O–H groups in total. The Labute approximate surface area is 178 Å². The third-order valence-electron chi connectivity index (χ3n) is 10.2. The first-order valence-electron chi connectivity index (χ1n) is 12.6. The fourth-order valence-corrected chi connectivity index (χ4v) is 8.57. The number of carbonyl (C=O) groups excluding carboxylic acids is 1. The molecular weight excluding hydrogens is 356 g/mol. The van der Waals surface area contributed by atoms with Crippen molar-refractivity contribution in [3.05, 3.63) is 11.6 Å². The maximum absolute atomic E-state index is 12.7. The minimum Gasteiger partial charge on any atom is -0.385 e. The zero-order valence-electron chi connectivity index (χ0n) is 19.5. The van der Waals surface area contributed by atoms with Crippen LogP contribution in [0.4, 0.5) is 0 Å². The average Bonchev–Trinajstić information content (AvgIpc) is 3.02. The van der Waals surface area contributed by atoms with Gasteiger partial charge in [-0.3, -0.25) is 4.79 Å². The van der Waals surface area contributed by atoms with Crippen molar-refractivity contribution >= 4 is 5.78 Å². The van der Waals surface area contributed by atoms with Crippen molar-refractivity contribution in [3.63, 3.8) is 0 Å². The van der Waals surface area contributed by atoms with E-state index >= 15 is 0 Å². The Morgan fingerprint density at radius 1 is 1.03 bits per heavy atom. The minimum atomic E-state index is -0.748. The van der Waals surface area contributed by atoms with Crippen LogP contribution in [0.3, 0.4) is 0 Å². The monoisotopic (exact) mass is 400 g/mol. The molecule has 4 aliphatic rings. The van der Waals surface area contributed by atoms with Gasteiger partial charge in [-0.25, -0.2) is 0 Å². The number of hydrogen-bond donors (Lipinski definition) is 1. The molecule has 0 heterocycles. The number of allylic oxidation sites excluding steroid dienone is 1. The highest BCUT2D eigenvalue weighted by molar-refractivity contribution is 6.00. The number of hydrogen-bond acceptors (Lipinski definition) is 2. The van der Waals surface area contributed by atoms with E-state index in [1.165, 1.54) is 44.9 Å². The first-order valence-corrected chi connectivity index (χ1v) is 12.6. The van der Waals surface area contributed by atoms with Crippen LogP contribution >= 0.6 is 0 Å². The van der Waals surface area contributed by atoms with Crippen LogP contribution < -0.4 is 0 Å². The molecule has 0 amide bonds. The Balaban J connectivity index is 1.52. The van der Waals surface area contributed by atoms with Crippen LogP contribution in [0, 0.1) is 46.3 Å². The lowest BCUT2D eigenvalue weighted by atomic mass is 9.46. The van der Waals surface area contributed by atoms with Gasteiger partial charge in [0.1, 0.15) is 6.10 Å². The SMILES string of the molecule is CC(C)CCC[C@@H](C)[C@H]1CC[C@H]2[C@@H]3CC=C4C(=O)C(O)CC[C@]4(C)[C@H]3CC[C@]12C. The molecule has 3 saturated carbocycles. The summed E-state index contributed by atoms with van der Waals surface area (Å²) >= 11 is 0. The van der Waals surface area contributed by atoms with Gasteiger partial charge >= 0.3 is 0 Å². The second-order valence-electron chi connectivity index (χ2n) is 12.1. The molecule has 4 aliphatic carbocycles. The van der Waals surface area contributed by atoms with Crippen molar-refractivity contribution in [1.82, 2.24) is 0 Å². The summed E-state index contributed by atoms with van der Waals surface area (Å²) in [7, 11) is 0. The van der Waals surface area contributed by atoms with Crippen LogP contribution in [-0.4, -0.2) is 17.0 Å². The summed E-state index contributed by atoms with van der Waals surface area (Å²) in [4.78, 5) is 12.7. The number of aliphatic hydroxyl groups excluding tert-OH is 1. The summed E-state index contributed by atoms with van der Waals surface area (Å²) in [5, 5.41) is 10.1. The first-order chi connectivity index (χ1) is 13.7. The lowest BCUT2D eigenvalue weighted by Gasteiger charge is -2.58. The highest BCUT2D eigenvalue weighted by atomic mass is 16.3. The third kappa shape index (κ3) is 3.46. The molecule has 29 heavy (non-hydrogen) atoms. The number of rotatable bonds is 5. The number of Topliss-reactive ketones (excluding diaryl/α,β-unsaturated/α-hetero) is 1. The van der Waals surface area contributed by atoms with E-state index in [-0.39, 0.29) is 11.2 Å². The normalized spacial score (nSPS) is 45.4. The minimum absolute atomic E-state index is 0.0154. The topological polar surface area (TPSA) is 37.3 Å². The van der Waals surface area contributed by atoms with Crippen LogP contribution in [-0.2, 0) is 4.79 Å². The van der Waals surface area contributed by atoms with E-state index in [4.69, 9.17) is 0 Å². The second kappa shape index (κ2) is 7.81. The lowest BCUT2D eigenvalue weighted by molar-refractivity contribution is -0.131. The van der Waals surface area contributed by atoms with Crippen LogP contribution in [0.1, 0.15) is 98.8 Å². The summed E-state index contributed by atoms with van der Waals surface area (Å²) in [5.41, 5.74) is 1.50. The molecular formula is C27H44O2. The maximum Gasteiger partial charge on any atom is 0.187 e. The summed E-state index contributed by atoms with van der Waals surface area (Å²) in [5.74, 6) is 4.81. The predicted octanol–water partition coefficient (Wildman–Crippen LogP) is 6.57. The molecule has 0 aliphatic heterocycles. The van der Waals surface area contributed by atoms with Crippen molar-refractivity contribution < 1.29 is 9.90 Å². The lowest BCUT2D eigenvalue weighted by Crippen LogP contribution is -2.52. The van der Waals surface area contributed by atoms with E-state index in [1.54, 1.807) is 0 Å². The van der Waals surface area contributed by atoms with Crippen molar-refractivity contribution in [2.24, 2.45) is 46.3 Å². The van der Waals surface area contributed by atoms with Crippen molar-refractivity contribution in [1.29, 1.82) is 0 Å². The van der Waals surface area contributed by atoms with E-state index in [0.29, 0.717) is 17.8 Å². The molecule has 0 spiro atoms. The molecule has 8 atom stereocenters. The predicted molar refractivity (Wildman–Crippen MR) is 119 cm³/mol.